The smallest absolute Gasteiger partial charge is 0.0934 e. The van der Waals surface area contributed by atoms with Gasteiger partial charge in [-0.1, -0.05) is 39.7 Å². The van der Waals surface area contributed by atoms with Gasteiger partial charge in [-0.05, 0) is 49.1 Å². The van der Waals surface area contributed by atoms with Crippen molar-refractivity contribution in [3.63, 3.8) is 0 Å². The van der Waals surface area contributed by atoms with Crippen molar-refractivity contribution >= 4 is 38.9 Å². The zero-order valence-electron chi connectivity index (χ0n) is 10.6. The quantitative estimate of drug-likeness (QED) is 0.765. The molecule has 1 heterocycles. The first kappa shape index (κ1) is 13.6. The van der Waals surface area contributed by atoms with Gasteiger partial charge in [-0.15, -0.1) is 11.3 Å². The summed E-state index contributed by atoms with van der Waals surface area (Å²) in [6.07, 6.45) is 2.33. The lowest BCUT2D eigenvalue weighted by Gasteiger charge is -2.20. The van der Waals surface area contributed by atoms with Crippen molar-refractivity contribution in [3.05, 3.63) is 55.1 Å². The molecule has 0 fully saturated rings. The molecule has 0 saturated heterocycles. The standard InChI is InChI=1S/C15H15BrClNS/c1-9(10-3-2-4-11(16)7-10)18-13-5-6-14-12(13)8-15(17)19-14/h2-4,7-9,13,18H,5-6H2,1H3/t9-,13?/m1/s1. The first-order valence-electron chi connectivity index (χ1n) is 6.43. The fraction of sp³-hybridized carbons (Fsp3) is 0.333. The van der Waals surface area contributed by atoms with Crippen LogP contribution in [0.3, 0.4) is 0 Å². The highest BCUT2D eigenvalue weighted by Crippen LogP contribution is 2.40. The van der Waals surface area contributed by atoms with Gasteiger partial charge < -0.3 is 5.32 Å². The summed E-state index contributed by atoms with van der Waals surface area (Å²) in [6.45, 7) is 2.22. The second kappa shape index (κ2) is 5.57. The Morgan fingerprint density at radius 3 is 3.05 bits per heavy atom. The summed E-state index contributed by atoms with van der Waals surface area (Å²) < 4.78 is 2.04. The summed E-state index contributed by atoms with van der Waals surface area (Å²) in [4.78, 5) is 1.45. The fourth-order valence-corrected chi connectivity index (χ4v) is 4.45. The summed E-state index contributed by atoms with van der Waals surface area (Å²) in [5.74, 6) is 0. The average Bonchev–Trinajstić information content (AvgIpc) is 2.90. The van der Waals surface area contributed by atoms with Crippen LogP contribution < -0.4 is 5.32 Å². The van der Waals surface area contributed by atoms with E-state index in [4.69, 9.17) is 11.6 Å². The summed E-state index contributed by atoms with van der Waals surface area (Å²) in [5, 5.41) is 3.72. The SMILES string of the molecule is C[C@@H](NC1CCc2sc(Cl)cc21)c1cccc(Br)c1. The number of aryl methyl sites for hydroxylation is 1. The van der Waals surface area contributed by atoms with Crippen LogP contribution in [0.2, 0.25) is 4.34 Å². The highest BCUT2D eigenvalue weighted by Gasteiger charge is 2.26. The van der Waals surface area contributed by atoms with Gasteiger partial charge in [-0.25, -0.2) is 0 Å². The number of hydrogen-bond acceptors (Lipinski definition) is 2. The molecule has 100 valence electrons. The third-order valence-corrected chi connectivity index (χ3v) is 5.48. The van der Waals surface area contributed by atoms with Gasteiger partial charge in [0.05, 0.1) is 4.34 Å². The third kappa shape index (κ3) is 2.89. The zero-order chi connectivity index (χ0) is 13.4. The van der Waals surface area contributed by atoms with Crippen molar-refractivity contribution in [3.8, 4) is 0 Å². The Hall–Kier alpha value is -0.350. The Morgan fingerprint density at radius 2 is 2.26 bits per heavy atom. The van der Waals surface area contributed by atoms with Gasteiger partial charge >= 0.3 is 0 Å². The Kier molecular flexibility index (Phi) is 3.99. The van der Waals surface area contributed by atoms with Crippen LogP contribution in [0.15, 0.2) is 34.8 Å². The molecule has 1 aliphatic rings. The van der Waals surface area contributed by atoms with Gasteiger partial charge in [0.2, 0.25) is 0 Å². The molecule has 0 radical (unpaired) electrons. The molecule has 1 N–H and O–H groups in total. The minimum absolute atomic E-state index is 0.340. The molecule has 4 heteroatoms. The summed E-state index contributed by atoms with van der Waals surface area (Å²) >= 11 is 11.4. The Morgan fingerprint density at radius 1 is 1.42 bits per heavy atom. The first-order valence-corrected chi connectivity index (χ1v) is 8.42. The lowest BCUT2D eigenvalue weighted by molar-refractivity contribution is 0.465. The number of nitrogens with one attached hydrogen (secondary N) is 1. The van der Waals surface area contributed by atoms with Crippen molar-refractivity contribution in [1.82, 2.24) is 5.32 Å². The van der Waals surface area contributed by atoms with Crippen molar-refractivity contribution in [1.29, 1.82) is 0 Å². The summed E-state index contributed by atoms with van der Waals surface area (Å²) in [7, 11) is 0. The molecule has 1 aromatic heterocycles. The van der Waals surface area contributed by atoms with E-state index in [-0.39, 0.29) is 0 Å². The molecule has 1 nitrogen and oxygen atoms in total. The van der Waals surface area contributed by atoms with Crippen LogP contribution in [-0.2, 0) is 6.42 Å². The van der Waals surface area contributed by atoms with E-state index >= 15 is 0 Å². The summed E-state index contributed by atoms with van der Waals surface area (Å²) in [6, 6.07) is 11.4. The number of rotatable bonds is 3. The second-order valence-corrected chi connectivity index (χ2v) is 7.65. The molecule has 1 aromatic carbocycles. The second-order valence-electron chi connectivity index (χ2n) is 4.96. The van der Waals surface area contributed by atoms with Gasteiger partial charge in [0, 0.05) is 21.4 Å². The fourth-order valence-electron chi connectivity index (χ4n) is 2.68. The molecular formula is C15H15BrClNS. The Labute approximate surface area is 131 Å². The molecule has 3 rings (SSSR count). The lowest BCUT2D eigenvalue weighted by Crippen LogP contribution is -2.22. The zero-order valence-corrected chi connectivity index (χ0v) is 13.8. The van der Waals surface area contributed by atoms with Gasteiger partial charge in [0.1, 0.15) is 0 Å². The van der Waals surface area contributed by atoms with Crippen LogP contribution >= 0.6 is 38.9 Å². The number of benzene rings is 1. The van der Waals surface area contributed by atoms with E-state index in [2.05, 4.69) is 58.5 Å². The van der Waals surface area contributed by atoms with E-state index in [1.54, 1.807) is 11.3 Å². The molecule has 0 bridgehead atoms. The molecule has 1 unspecified atom stereocenters. The first-order chi connectivity index (χ1) is 9.13. The van der Waals surface area contributed by atoms with Crippen LogP contribution in [0.4, 0.5) is 0 Å². The molecule has 2 atom stereocenters. The molecule has 2 aromatic rings. The van der Waals surface area contributed by atoms with Gasteiger partial charge in [0.15, 0.2) is 0 Å². The number of hydrogen-bond donors (Lipinski definition) is 1. The van der Waals surface area contributed by atoms with Crippen LogP contribution in [0.5, 0.6) is 0 Å². The van der Waals surface area contributed by atoms with Crippen LogP contribution in [0.25, 0.3) is 0 Å². The molecule has 19 heavy (non-hydrogen) atoms. The average molecular weight is 357 g/mol. The molecule has 0 amide bonds. The monoisotopic (exact) mass is 355 g/mol. The van der Waals surface area contributed by atoms with Crippen LogP contribution in [-0.4, -0.2) is 0 Å². The van der Waals surface area contributed by atoms with Gasteiger partial charge in [-0.3, -0.25) is 0 Å². The predicted octanol–water partition coefficient (Wildman–Crippen LogP) is 5.50. The van der Waals surface area contributed by atoms with Crippen LogP contribution in [0, 0.1) is 0 Å². The normalized spacial score (nSPS) is 19.4. The van der Waals surface area contributed by atoms with E-state index in [1.807, 2.05) is 0 Å². The third-order valence-electron chi connectivity index (χ3n) is 3.65. The molecule has 0 saturated carbocycles. The van der Waals surface area contributed by atoms with Gasteiger partial charge in [0.25, 0.3) is 0 Å². The summed E-state index contributed by atoms with van der Waals surface area (Å²) in [5.41, 5.74) is 2.71. The van der Waals surface area contributed by atoms with E-state index < -0.39 is 0 Å². The number of fused-ring (bicyclic) bond motifs is 1. The van der Waals surface area contributed by atoms with E-state index in [1.165, 1.54) is 22.4 Å². The number of thiophene rings is 1. The number of halogens is 2. The van der Waals surface area contributed by atoms with E-state index in [0.29, 0.717) is 12.1 Å². The van der Waals surface area contributed by atoms with Crippen molar-refractivity contribution in [2.75, 3.05) is 0 Å². The predicted molar refractivity (Wildman–Crippen MR) is 86.1 cm³/mol. The minimum atomic E-state index is 0.340. The molecule has 1 aliphatic carbocycles. The van der Waals surface area contributed by atoms with Gasteiger partial charge in [-0.2, -0.15) is 0 Å². The maximum Gasteiger partial charge on any atom is 0.0934 e. The topological polar surface area (TPSA) is 12.0 Å². The molecule has 0 aliphatic heterocycles. The van der Waals surface area contributed by atoms with E-state index in [9.17, 15) is 0 Å². The maximum atomic E-state index is 6.10. The molecule has 0 spiro atoms. The van der Waals surface area contributed by atoms with Crippen LogP contribution in [0.1, 0.15) is 41.4 Å². The maximum absolute atomic E-state index is 6.10. The van der Waals surface area contributed by atoms with Crippen molar-refractivity contribution in [2.45, 2.75) is 31.8 Å². The highest BCUT2D eigenvalue weighted by atomic mass is 79.9. The lowest BCUT2D eigenvalue weighted by atomic mass is 10.1. The largest absolute Gasteiger partial charge is 0.303 e. The van der Waals surface area contributed by atoms with E-state index in [0.717, 1.165) is 15.2 Å². The highest BCUT2D eigenvalue weighted by molar-refractivity contribution is 9.10. The van der Waals surface area contributed by atoms with Crippen molar-refractivity contribution < 1.29 is 0 Å². The Bertz CT molecular complexity index is 596. The molecular weight excluding hydrogens is 342 g/mol. The minimum Gasteiger partial charge on any atom is -0.303 e. The van der Waals surface area contributed by atoms with Crippen molar-refractivity contribution in [2.24, 2.45) is 0 Å². The Balaban J connectivity index is 1.75.